The van der Waals surface area contributed by atoms with Gasteiger partial charge in [-0.1, -0.05) is 57.3 Å². The number of esters is 1. The Labute approximate surface area is 210 Å². The molecule has 0 aliphatic carbocycles. The number of hydrogen-bond donors (Lipinski definition) is 1. The van der Waals surface area contributed by atoms with Gasteiger partial charge in [0.1, 0.15) is 5.75 Å². The van der Waals surface area contributed by atoms with Crippen LogP contribution in [0.15, 0.2) is 74.7 Å². The predicted molar refractivity (Wildman–Crippen MR) is 131 cm³/mol. The van der Waals surface area contributed by atoms with E-state index in [1.165, 1.54) is 12.3 Å². The minimum absolute atomic E-state index is 0.254. The third-order valence-corrected chi connectivity index (χ3v) is 5.46. The molecular weight excluding hydrogens is 587 g/mol. The molecule has 3 rings (SSSR count). The van der Waals surface area contributed by atoms with Crippen molar-refractivity contribution in [1.29, 1.82) is 0 Å². The molecule has 0 atom stereocenters. The first-order valence-corrected chi connectivity index (χ1v) is 11.3. The molecule has 0 spiro atoms. The summed E-state index contributed by atoms with van der Waals surface area (Å²) in [5, 5.41) is 4.67. The van der Waals surface area contributed by atoms with Crippen LogP contribution in [-0.2, 0) is 4.79 Å². The highest BCUT2D eigenvalue weighted by atomic mass is 79.9. The number of carbonyl (C=O) groups excluding carboxylic acids is 2. The summed E-state index contributed by atoms with van der Waals surface area (Å²) in [5.41, 5.74) is 3.20. The fourth-order valence-electron chi connectivity index (χ4n) is 2.45. The molecule has 0 radical (unpaired) electrons. The zero-order valence-corrected chi connectivity index (χ0v) is 20.8. The first-order chi connectivity index (χ1) is 15.3. The minimum atomic E-state index is -0.527. The molecule has 0 aromatic heterocycles. The Morgan fingerprint density at radius 3 is 2.50 bits per heavy atom. The van der Waals surface area contributed by atoms with Gasteiger partial charge in [-0.05, 0) is 58.4 Å². The number of ether oxygens (including phenoxy) is 2. The second-order valence-electron chi connectivity index (χ2n) is 6.22. The topological polar surface area (TPSA) is 77.0 Å². The minimum Gasteiger partial charge on any atom is -0.482 e. The Hall–Kier alpha value is -2.39. The van der Waals surface area contributed by atoms with Crippen LogP contribution in [0.25, 0.3) is 0 Å². The van der Waals surface area contributed by atoms with Gasteiger partial charge in [-0.3, -0.25) is 4.79 Å². The summed E-state index contributed by atoms with van der Waals surface area (Å²) in [7, 11) is 0. The Kier molecular flexibility index (Phi) is 8.69. The fourth-order valence-corrected chi connectivity index (χ4v) is 4.25. The Morgan fingerprint density at radius 2 is 1.78 bits per heavy atom. The van der Waals surface area contributed by atoms with E-state index in [9.17, 15) is 9.59 Å². The molecule has 0 fully saturated rings. The molecule has 1 N–H and O–H groups in total. The highest BCUT2D eigenvalue weighted by molar-refractivity contribution is 9.11. The van der Waals surface area contributed by atoms with Crippen molar-refractivity contribution in [2.45, 2.75) is 0 Å². The van der Waals surface area contributed by atoms with Gasteiger partial charge in [0.05, 0.1) is 21.3 Å². The average Bonchev–Trinajstić information content (AvgIpc) is 2.76. The van der Waals surface area contributed by atoms with Crippen LogP contribution in [0.3, 0.4) is 0 Å². The van der Waals surface area contributed by atoms with Crippen molar-refractivity contribution < 1.29 is 19.1 Å². The summed E-state index contributed by atoms with van der Waals surface area (Å²) < 4.78 is 12.2. The lowest BCUT2D eigenvalue weighted by atomic mass is 10.2. The monoisotopic (exact) mass is 598 g/mol. The molecular formula is C22H14Br2Cl2N2O4. The van der Waals surface area contributed by atoms with E-state index < -0.39 is 11.9 Å². The zero-order chi connectivity index (χ0) is 23.1. The highest BCUT2D eigenvalue weighted by Crippen LogP contribution is 2.32. The first kappa shape index (κ1) is 24.3. The van der Waals surface area contributed by atoms with Crippen molar-refractivity contribution in [3.8, 4) is 11.5 Å². The number of rotatable bonds is 7. The molecule has 3 aromatic rings. The first-order valence-electron chi connectivity index (χ1n) is 8.99. The number of carbonyl (C=O) groups is 2. The van der Waals surface area contributed by atoms with Crippen molar-refractivity contribution in [2.75, 3.05) is 6.61 Å². The number of nitrogens with zero attached hydrogens (tertiary/aromatic N) is 1. The van der Waals surface area contributed by atoms with Crippen LogP contribution < -0.4 is 14.9 Å². The third-order valence-electron chi connectivity index (χ3n) is 3.89. The smallest absolute Gasteiger partial charge is 0.343 e. The lowest BCUT2D eigenvalue weighted by Gasteiger charge is -2.10. The van der Waals surface area contributed by atoms with Crippen LogP contribution in [-0.4, -0.2) is 24.7 Å². The number of hydrazone groups is 1. The Morgan fingerprint density at radius 1 is 1.03 bits per heavy atom. The summed E-state index contributed by atoms with van der Waals surface area (Å²) in [6.07, 6.45) is 1.36. The summed E-state index contributed by atoms with van der Waals surface area (Å²) in [6, 6.07) is 16.7. The van der Waals surface area contributed by atoms with E-state index in [0.717, 1.165) is 4.47 Å². The number of benzene rings is 3. The number of nitrogens with one attached hydrogen (secondary N) is 1. The van der Waals surface area contributed by atoms with Crippen LogP contribution in [0.1, 0.15) is 15.9 Å². The van der Waals surface area contributed by atoms with Crippen LogP contribution in [0, 0.1) is 0 Å². The van der Waals surface area contributed by atoms with Crippen LogP contribution in [0.2, 0.25) is 10.0 Å². The summed E-state index contributed by atoms with van der Waals surface area (Å²) >= 11 is 18.6. The molecule has 1 amide bonds. The van der Waals surface area contributed by atoms with E-state index in [1.54, 1.807) is 54.6 Å². The molecule has 3 aromatic carbocycles. The second kappa shape index (κ2) is 11.5. The fraction of sp³-hybridized carbons (Fsp3) is 0.0455. The second-order valence-corrected chi connectivity index (χ2v) is 8.83. The molecule has 0 saturated carbocycles. The van der Waals surface area contributed by atoms with Crippen molar-refractivity contribution in [3.05, 3.63) is 90.8 Å². The molecule has 6 nitrogen and oxygen atoms in total. The Balaban J connectivity index is 1.66. The van der Waals surface area contributed by atoms with E-state index >= 15 is 0 Å². The molecule has 10 heteroatoms. The summed E-state index contributed by atoms with van der Waals surface area (Å²) in [4.78, 5) is 24.5. The summed E-state index contributed by atoms with van der Waals surface area (Å²) in [6.45, 7) is -0.309. The van der Waals surface area contributed by atoms with Gasteiger partial charge in [-0.25, -0.2) is 10.2 Å². The molecule has 0 saturated heterocycles. The largest absolute Gasteiger partial charge is 0.482 e. The van der Waals surface area contributed by atoms with Gasteiger partial charge in [-0.15, -0.1) is 0 Å². The van der Waals surface area contributed by atoms with Crippen LogP contribution in [0.5, 0.6) is 11.5 Å². The normalized spacial score (nSPS) is 10.8. The molecule has 0 aliphatic heterocycles. The number of hydrogen-bond acceptors (Lipinski definition) is 5. The van der Waals surface area contributed by atoms with Gasteiger partial charge in [0.2, 0.25) is 0 Å². The predicted octanol–water partition coefficient (Wildman–Crippen LogP) is 6.27. The SMILES string of the molecule is O=C(COc1ccc(Cl)cc1Cl)N/N=C/c1cc(Br)cc(Br)c1OC(=O)c1ccccc1. The van der Waals surface area contributed by atoms with Crippen LogP contribution in [0.4, 0.5) is 0 Å². The van der Waals surface area contributed by atoms with Gasteiger partial charge in [0, 0.05) is 15.1 Å². The standard InChI is InChI=1S/C22H14Br2Cl2N2O4/c23-15-8-14(21(17(24)9-15)32-22(30)13-4-2-1-3-5-13)11-27-28-20(29)12-31-19-7-6-16(25)10-18(19)26/h1-11H,12H2,(H,28,29)/b27-11+. The van der Waals surface area contributed by atoms with Crippen molar-refractivity contribution in [1.82, 2.24) is 5.43 Å². The van der Waals surface area contributed by atoms with Gasteiger partial charge in [0.15, 0.2) is 12.4 Å². The van der Waals surface area contributed by atoms with Gasteiger partial charge >= 0.3 is 5.97 Å². The van der Waals surface area contributed by atoms with Gasteiger partial charge < -0.3 is 9.47 Å². The molecule has 164 valence electrons. The van der Waals surface area contributed by atoms with Gasteiger partial charge in [0.25, 0.3) is 5.91 Å². The van der Waals surface area contributed by atoms with Crippen LogP contribution >= 0.6 is 55.1 Å². The molecule has 32 heavy (non-hydrogen) atoms. The maximum atomic E-state index is 12.4. The quantitative estimate of drug-likeness (QED) is 0.150. The number of amides is 1. The van der Waals surface area contributed by atoms with E-state index in [4.69, 9.17) is 32.7 Å². The lowest BCUT2D eigenvalue weighted by molar-refractivity contribution is -0.123. The molecule has 0 aliphatic rings. The molecule has 0 heterocycles. The van der Waals surface area contributed by atoms with Crippen molar-refractivity contribution in [3.63, 3.8) is 0 Å². The van der Waals surface area contributed by atoms with E-state index in [0.29, 0.717) is 26.4 Å². The van der Waals surface area contributed by atoms with Crippen molar-refractivity contribution >= 4 is 73.2 Å². The highest BCUT2D eigenvalue weighted by Gasteiger charge is 2.15. The third kappa shape index (κ3) is 6.80. The van der Waals surface area contributed by atoms with E-state index in [2.05, 4.69) is 42.4 Å². The summed E-state index contributed by atoms with van der Waals surface area (Å²) in [5.74, 6) is -0.463. The molecule has 0 bridgehead atoms. The molecule has 0 unspecified atom stereocenters. The van der Waals surface area contributed by atoms with E-state index in [1.807, 2.05) is 0 Å². The number of halogens is 4. The maximum absolute atomic E-state index is 12.4. The van der Waals surface area contributed by atoms with Crippen molar-refractivity contribution in [2.24, 2.45) is 5.10 Å². The average molecular weight is 601 g/mol. The Bertz CT molecular complexity index is 1170. The lowest BCUT2D eigenvalue weighted by Crippen LogP contribution is -2.24. The zero-order valence-electron chi connectivity index (χ0n) is 16.2. The van der Waals surface area contributed by atoms with E-state index in [-0.39, 0.29) is 17.4 Å². The maximum Gasteiger partial charge on any atom is 0.343 e. The van der Waals surface area contributed by atoms with Gasteiger partial charge in [-0.2, -0.15) is 5.10 Å².